The van der Waals surface area contributed by atoms with E-state index in [1.807, 2.05) is 6.07 Å². The fourth-order valence-electron chi connectivity index (χ4n) is 6.29. The highest BCUT2D eigenvalue weighted by atomic mass is 16.5. The number of allylic oxidation sites excluding steroid dienone is 2. The third-order valence-electron chi connectivity index (χ3n) is 7.97. The molecule has 1 aliphatic heterocycles. The summed E-state index contributed by atoms with van der Waals surface area (Å²) in [6, 6.07) is 15.1. The molecule has 7 rings (SSSR count). The van der Waals surface area contributed by atoms with E-state index in [4.69, 9.17) is 4.74 Å². The van der Waals surface area contributed by atoms with Crippen LogP contribution in [0.25, 0.3) is 0 Å². The van der Waals surface area contributed by atoms with Crippen LogP contribution in [-0.4, -0.2) is 29.7 Å². The predicted molar refractivity (Wildman–Crippen MR) is 124 cm³/mol. The second-order valence-electron chi connectivity index (χ2n) is 9.75. The number of hydrogen-bond donors (Lipinski definition) is 0. The number of ketones is 1. The van der Waals surface area contributed by atoms with Gasteiger partial charge in [0.05, 0.1) is 23.1 Å². The van der Waals surface area contributed by atoms with Crippen molar-refractivity contribution in [1.82, 2.24) is 0 Å². The minimum Gasteiger partial charge on any atom is -0.450 e. The maximum atomic E-state index is 13.4. The minimum absolute atomic E-state index is 0.143. The highest BCUT2D eigenvalue weighted by Gasteiger charge is 2.67. The lowest BCUT2D eigenvalue weighted by atomic mass is 9.63. The Balaban J connectivity index is 1.23. The molecule has 0 radical (unpaired) electrons. The van der Waals surface area contributed by atoms with Gasteiger partial charge < -0.3 is 4.74 Å². The van der Waals surface area contributed by atoms with Crippen molar-refractivity contribution in [3.8, 4) is 0 Å². The molecule has 2 saturated carbocycles. The van der Waals surface area contributed by atoms with E-state index in [1.54, 1.807) is 49.4 Å². The molecule has 6 nitrogen and oxygen atoms in total. The second kappa shape index (κ2) is 7.76. The van der Waals surface area contributed by atoms with Crippen molar-refractivity contribution in [2.45, 2.75) is 25.9 Å². The molecule has 172 valence electrons. The van der Waals surface area contributed by atoms with Crippen molar-refractivity contribution in [1.29, 1.82) is 0 Å². The molecule has 7 unspecified atom stereocenters. The molecule has 0 N–H and O–H groups in total. The number of imide groups is 1. The Labute approximate surface area is 197 Å². The lowest BCUT2D eigenvalue weighted by molar-refractivity contribution is -0.124. The Morgan fingerprint density at radius 3 is 2.15 bits per heavy atom. The zero-order valence-electron chi connectivity index (χ0n) is 18.8. The highest BCUT2D eigenvalue weighted by Crippen LogP contribution is 2.65. The summed E-state index contributed by atoms with van der Waals surface area (Å²) in [4.78, 5) is 53.7. The van der Waals surface area contributed by atoms with Gasteiger partial charge in [-0.25, -0.2) is 9.69 Å². The van der Waals surface area contributed by atoms with Crippen LogP contribution in [0, 0.1) is 35.5 Å². The summed E-state index contributed by atoms with van der Waals surface area (Å²) in [7, 11) is 0. The highest BCUT2D eigenvalue weighted by molar-refractivity contribution is 6.23. The van der Waals surface area contributed by atoms with Gasteiger partial charge in [-0.05, 0) is 54.7 Å². The number of benzene rings is 2. The number of Topliss-reactive ketones (excluding diaryl/α,β-unsaturated/α-hetero) is 1. The van der Waals surface area contributed by atoms with E-state index in [-0.39, 0.29) is 46.8 Å². The van der Waals surface area contributed by atoms with Crippen molar-refractivity contribution in [2.24, 2.45) is 35.5 Å². The molecule has 4 aliphatic carbocycles. The fraction of sp³-hybridized carbons (Fsp3) is 0.357. The number of hydrogen-bond acceptors (Lipinski definition) is 5. The molecule has 3 fully saturated rings. The lowest BCUT2D eigenvalue weighted by Gasteiger charge is -2.37. The first-order chi connectivity index (χ1) is 16.5. The van der Waals surface area contributed by atoms with Crippen LogP contribution in [0.15, 0.2) is 66.7 Å². The smallest absolute Gasteiger partial charge is 0.338 e. The van der Waals surface area contributed by atoms with Crippen molar-refractivity contribution < 1.29 is 23.9 Å². The molecule has 2 aromatic rings. The van der Waals surface area contributed by atoms with E-state index in [0.717, 1.165) is 6.42 Å². The number of amides is 2. The van der Waals surface area contributed by atoms with Crippen LogP contribution >= 0.6 is 0 Å². The summed E-state index contributed by atoms with van der Waals surface area (Å²) in [5, 5.41) is 0. The van der Waals surface area contributed by atoms with Crippen molar-refractivity contribution >= 4 is 29.3 Å². The number of nitrogens with zero attached hydrogens (tertiary/aromatic N) is 1. The van der Waals surface area contributed by atoms with Gasteiger partial charge in [-0.1, -0.05) is 55.5 Å². The molecule has 1 heterocycles. The molecule has 7 atom stereocenters. The second-order valence-corrected chi connectivity index (χ2v) is 9.75. The molecule has 0 aromatic heterocycles. The van der Waals surface area contributed by atoms with Crippen LogP contribution < -0.4 is 4.90 Å². The summed E-state index contributed by atoms with van der Waals surface area (Å²) in [5.41, 5.74) is 1.07. The third kappa shape index (κ3) is 3.08. The number of carbonyl (C=O) groups is 4. The van der Waals surface area contributed by atoms with Gasteiger partial charge in [-0.15, -0.1) is 0 Å². The molecule has 2 bridgehead atoms. The Morgan fingerprint density at radius 1 is 0.912 bits per heavy atom. The van der Waals surface area contributed by atoms with E-state index in [2.05, 4.69) is 12.2 Å². The van der Waals surface area contributed by atoms with Gasteiger partial charge >= 0.3 is 5.97 Å². The lowest BCUT2D eigenvalue weighted by Crippen LogP contribution is -2.40. The van der Waals surface area contributed by atoms with Gasteiger partial charge in [0, 0.05) is 5.56 Å². The van der Waals surface area contributed by atoms with Crippen LogP contribution in [0.2, 0.25) is 0 Å². The number of rotatable bonds is 6. The maximum absolute atomic E-state index is 13.4. The topological polar surface area (TPSA) is 80.8 Å². The standard InChI is InChI=1S/C28H25NO5/c1-2-22(25(30)15-7-4-3-5-8-15)34-28(33)16-9-6-10-17(13-16)29-26(31)23-18-11-12-19(21-14-20(18)21)24(23)27(29)32/h3-13,18-24H,2,14H2,1H3. The molecule has 2 amide bonds. The third-order valence-corrected chi connectivity index (χ3v) is 7.97. The zero-order valence-corrected chi connectivity index (χ0v) is 18.8. The van der Waals surface area contributed by atoms with Crippen LogP contribution in [0.5, 0.6) is 0 Å². The number of carbonyl (C=O) groups excluding carboxylic acids is 4. The van der Waals surface area contributed by atoms with Gasteiger partial charge in [0.25, 0.3) is 0 Å². The summed E-state index contributed by atoms with van der Waals surface area (Å²) in [5.74, 6) is -0.505. The summed E-state index contributed by atoms with van der Waals surface area (Å²) < 4.78 is 5.54. The first-order valence-electron chi connectivity index (χ1n) is 12.0. The van der Waals surface area contributed by atoms with Crippen LogP contribution in [0.4, 0.5) is 5.69 Å². The Kier molecular flexibility index (Phi) is 4.80. The monoisotopic (exact) mass is 455 g/mol. The first kappa shape index (κ1) is 21.0. The average Bonchev–Trinajstić information content (AvgIpc) is 3.65. The molecule has 5 aliphatic rings. The Morgan fingerprint density at radius 2 is 1.53 bits per heavy atom. The Bertz CT molecular complexity index is 1200. The molecular formula is C28H25NO5. The largest absolute Gasteiger partial charge is 0.450 e. The minimum atomic E-state index is -0.912. The van der Waals surface area contributed by atoms with Crippen molar-refractivity contribution in [3.63, 3.8) is 0 Å². The number of anilines is 1. The average molecular weight is 456 g/mol. The molecular weight excluding hydrogens is 430 g/mol. The summed E-state index contributed by atoms with van der Waals surface area (Å²) >= 11 is 0. The van der Waals surface area contributed by atoms with Gasteiger partial charge in [-0.3, -0.25) is 14.4 Å². The van der Waals surface area contributed by atoms with Crippen molar-refractivity contribution in [3.05, 3.63) is 77.9 Å². The molecule has 6 heteroatoms. The van der Waals surface area contributed by atoms with E-state index >= 15 is 0 Å². The van der Waals surface area contributed by atoms with E-state index in [9.17, 15) is 19.2 Å². The normalized spacial score (nSPS) is 31.1. The molecule has 2 aromatic carbocycles. The van der Waals surface area contributed by atoms with Gasteiger partial charge in [-0.2, -0.15) is 0 Å². The van der Waals surface area contributed by atoms with Gasteiger partial charge in [0.15, 0.2) is 6.10 Å². The van der Waals surface area contributed by atoms with E-state index in [1.165, 1.54) is 11.0 Å². The fourth-order valence-corrected chi connectivity index (χ4v) is 6.29. The number of esters is 1. The summed E-state index contributed by atoms with van der Waals surface area (Å²) in [6.07, 6.45) is 4.81. The molecule has 1 saturated heterocycles. The first-order valence-corrected chi connectivity index (χ1v) is 12.0. The van der Waals surface area contributed by atoms with Crippen LogP contribution in [0.1, 0.15) is 40.5 Å². The van der Waals surface area contributed by atoms with Crippen LogP contribution in [-0.2, 0) is 14.3 Å². The molecule has 34 heavy (non-hydrogen) atoms. The number of ether oxygens (including phenoxy) is 1. The zero-order chi connectivity index (χ0) is 23.6. The van der Waals surface area contributed by atoms with E-state index in [0.29, 0.717) is 29.5 Å². The summed E-state index contributed by atoms with van der Waals surface area (Å²) in [6.45, 7) is 1.78. The van der Waals surface area contributed by atoms with Gasteiger partial charge in [0.2, 0.25) is 17.6 Å². The van der Waals surface area contributed by atoms with Crippen LogP contribution in [0.3, 0.4) is 0 Å². The maximum Gasteiger partial charge on any atom is 0.338 e. The molecule has 0 spiro atoms. The van der Waals surface area contributed by atoms with E-state index < -0.39 is 12.1 Å². The SMILES string of the molecule is CCC(OC(=O)c1cccc(N2C(=O)C3C4C=CC(C5CC45)C3C2=O)c1)C(=O)c1ccccc1. The van der Waals surface area contributed by atoms with Crippen molar-refractivity contribution in [2.75, 3.05) is 4.90 Å². The predicted octanol–water partition coefficient (Wildman–Crippen LogP) is 4.06. The quantitative estimate of drug-likeness (QED) is 0.284. The Hall–Kier alpha value is -3.54. The van der Waals surface area contributed by atoms with Gasteiger partial charge in [0.1, 0.15) is 0 Å².